The van der Waals surface area contributed by atoms with E-state index >= 15 is 0 Å². The number of hydrogen-bond acceptors (Lipinski definition) is 3. The molecule has 0 fully saturated rings. The van der Waals surface area contributed by atoms with Gasteiger partial charge in [0, 0.05) is 30.4 Å². The second-order valence-corrected chi connectivity index (χ2v) is 6.01. The Morgan fingerprint density at radius 2 is 2.00 bits per heavy atom. The first kappa shape index (κ1) is 17.8. The summed E-state index contributed by atoms with van der Waals surface area (Å²) in [5.41, 5.74) is 8.00. The first-order chi connectivity index (χ1) is 11.6. The molecule has 2 rings (SSSR count). The van der Waals surface area contributed by atoms with Crippen LogP contribution in [0.2, 0.25) is 0 Å². The lowest BCUT2D eigenvalue weighted by Gasteiger charge is -2.12. The van der Waals surface area contributed by atoms with Crippen molar-refractivity contribution in [2.45, 2.75) is 26.8 Å². The summed E-state index contributed by atoms with van der Waals surface area (Å²) in [5, 5.41) is 3.12. The van der Waals surface area contributed by atoms with Gasteiger partial charge in [0.2, 0.25) is 0 Å². The van der Waals surface area contributed by atoms with E-state index < -0.39 is 0 Å². The van der Waals surface area contributed by atoms with E-state index in [4.69, 9.17) is 10.5 Å². The van der Waals surface area contributed by atoms with Gasteiger partial charge >= 0.3 is 0 Å². The summed E-state index contributed by atoms with van der Waals surface area (Å²) < 4.78 is 5.83. The van der Waals surface area contributed by atoms with Crippen LogP contribution in [0, 0.1) is 5.92 Å². The van der Waals surface area contributed by atoms with Crippen LogP contribution in [0.15, 0.2) is 53.7 Å². The zero-order chi connectivity index (χ0) is 17.2. The molecule has 1 heterocycles. The quantitative estimate of drug-likeness (QED) is 0.578. The van der Waals surface area contributed by atoms with Crippen molar-refractivity contribution in [1.82, 2.24) is 10.3 Å². The molecule has 0 aliphatic rings. The summed E-state index contributed by atoms with van der Waals surface area (Å²) in [6.07, 6.45) is 2.60. The van der Waals surface area contributed by atoms with Gasteiger partial charge in [0.1, 0.15) is 5.75 Å². The summed E-state index contributed by atoms with van der Waals surface area (Å²) in [6, 6.07) is 13.8. The van der Waals surface area contributed by atoms with E-state index in [0.29, 0.717) is 31.6 Å². The Bertz CT molecular complexity index is 641. The lowest BCUT2D eigenvalue weighted by atomic mass is 10.2. The van der Waals surface area contributed by atoms with Gasteiger partial charge in [0.25, 0.3) is 0 Å². The molecule has 128 valence electrons. The number of guanidine groups is 1. The number of hydrogen-bond donors (Lipinski definition) is 2. The van der Waals surface area contributed by atoms with Gasteiger partial charge in [-0.3, -0.25) is 4.98 Å². The van der Waals surface area contributed by atoms with E-state index in [9.17, 15) is 0 Å². The average molecular weight is 326 g/mol. The fourth-order valence-corrected chi connectivity index (χ4v) is 2.12. The van der Waals surface area contributed by atoms with Crippen molar-refractivity contribution in [3.8, 4) is 5.75 Å². The molecular formula is C19H26N4O. The minimum Gasteiger partial charge on any atom is -0.493 e. The maximum atomic E-state index is 5.94. The monoisotopic (exact) mass is 326 g/mol. The third-order valence-corrected chi connectivity index (χ3v) is 3.38. The molecule has 0 spiro atoms. The van der Waals surface area contributed by atoms with Crippen LogP contribution in [0.3, 0.4) is 0 Å². The normalized spacial score (nSPS) is 11.5. The summed E-state index contributed by atoms with van der Waals surface area (Å²) in [6.45, 7) is 6.15. The predicted octanol–water partition coefficient (Wildman–Crippen LogP) is 2.76. The summed E-state index contributed by atoms with van der Waals surface area (Å²) in [5.74, 6) is 1.79. The number of pyridine rings is 1. The number of para-hydroxylation sites is 1. The van der Waals surface area contributed by atoms with Crippen LogP contribution in [-0.2, 0) is 13.0 Å². The Kier molecular flexibility index (Phi) is 7.08. The molecule has 2 aromatic rings. The molecule has 0 aliphatic carbocycles. The van der Waals surface area contributed by atoms with E-state index in [-0.39, 0.29) is 0 Å². The maximum absolute atomic E-state index is 5.94. The first-order valence-electron chi connectivity index (χ1n) is 8.29. The molecule has 0 saturated heterocycles. The SMILES string of the molecule is CC(C)COc1ccccc1CN=C(N)NCCc1ccccn1. The predicted molar refractivity (Wildman–Crippen MR) is 98.0 cm³/mol. The molecule has 1 aromatic heterocycles. The maximum Gasteiger partial charge on any atom is 0.188 e. The van der Waals surface area contributed by atoms with Crippen LogP contribution in [0.4, 0.5) is 0 Å². The van der Waals surface area contributed by atoms with Crippen molar-refractivity contribution in [1.29, 1.82) is 0 Å². The molecule has 5 heteroatoms. The Labute approximate surface area is 144 Å². The van der Waals surface area contributed by atoms with Gasteiger partial charge < -0.3 is 15.8 Å². The van der Waals surface area contributed by atoms with Crippen LogP contribution < -0.4 is 15.8 Å². The largest absolute Gasteiger partial charge is 0.493 e. The zero-order valence-electron chi connectivity index (χ0n) is 14.4. The first-order valence-corrected chi connectivity index (χ1v) is 8.29. The number of rotatable bonds is 8. The van der Waals surface area contributed by atoms with Crippen LogP contribution in [0.25, 0.3) is 0 Å². The van der Waals surface area contributed by atoms with E-state index in [1.807, 2.05) is 42.5 Å². The van der Waals surface area contributed by atoms with Crippen molar-refractivity contribution in [2.24, 2.45) is 16.6 Å². The third kappa shape index (κ3) is 6.28. The number of benzene rings is 1. The van der Waals surface area contributed by atoms with Gasteiger partial charge in [-0.1, -0.05) is 38.1 Å². The van der Waals surface area contributed by atoms with Crippen molar-refractivity contribution in [2.75, 3.05) is 13.2 Å². The molecule has 0 saturated carbocycles. The van der Waals surface area contributed by atoms with Gasteiger partial charge in [-0.15, -0.1) is 0 Å². The number of ether oxygens (including phenoxy) is 1. The Morgan fingerprint density at radius 1 is 1.21 bits per heavy atom. The fraction of sp³-hybridized carbons (Fsp3) is 0.368. The highest BCUT2D eigenvalue weighted by molar-refractivity contribution is 5.77. The van der Waals surface area contributed by atoms with Gasteiger partial charge in [0.15, 0.2) is 5.96 Å². The topological polar surface area (TPSA) is 72.5 Å². The molecular weight excluding hydrogens is 300 g/mol. The Hall–Kier alpha value is -2.56. The molecule has 0 aliphatic heterocycles. The molecule has 24 heavy (non-hydrogen) atoms. The molecule has 5 nitrogen and oxygen atoms in total. The summed E-state index contributed by atoms with van der Waals surface area (Å²) in [7, 11) is 0. The standard InChI is InChI=1S/C19H26N4O/c1-15(2)14-24-18-9-4-3-7-16(18)13-23-19(20)22-12-10-17-8-5-6-11-21-17/h3-9,11,15H,10,12-14H2,1-2H3,(H3,20,22,23). The average Bonchev–Trinajstić information content (AvgIpc) is 2.59. The van der Waals surface area contributed by atoms with Crippen molar-refractivity contribution >= 4 is 5.96 Å². The summed E-state index contributed by atoms with van der Waals surface area (Å²) in [4.78, 5) is 8.67. The van der Waals surface area contributed by atoms with Crippen LogP contribution in [0.1, 0.15) is 25.1 Å². The Balaban J connectivity index is 1.83. The minimum atomic E-state index is 0.435. The van der Waals surface area contributed by atoms with Crippen molar-refractivity contribution in [3.63, 3.8) is 0 Å². The fourth-order valence-electron chi connectivity index (χ4n) is 2.12. The Morgan fingerprint density at radius 3 is 2.75 bits per heavy atom. The van der Waals surface area contributed by atoms with E-state index in [2.05, 4.69) is 29.1 Å². The molecule has 0 amide bonds. The van der Waals surface area contributed by atoms with Crippen LogP contribution in [-0.4, -0.2) is 24.1 Å². The molecule has 0 unspecified atom stereocenters. The smallest absolute Gasteiger partial charge is 0.188 e. The second kappa shape index (κ2) is 9.55. The zero-order valence-corrected chi connectivity index (χ0v) is 14.4. The van der Waals surface area contributed by atoms with Gasteiger partial charge in [-0.25, -0.2) is 4.99 Å². The second-order valence-electron chi connectivity index (χ2n) is 6.01. The number of aromatic nitrogens is 1. The highest BCUT2D eigenvalue weighted by Gasteiger charge is 2.04. The molecule has 0 bridgehead atoms. The van der Waals surface area contributed by atoms with Gasteiger partial charge in [0.05, 0.1) is 13.2 Å². The number of nitrogens with two attached hydrogens (primary N) is 1. The van der Waals surface area contributed by atoms with E-state index in [1.165, 1.54) is 0 Å². The van der Waals surface area contributed by atoms with Gasteiger partial charge in [-0.05, 0) is 24.1 Å². The highest BCUT2D eigenvalue weighted by atomic mass is 16.5. The number of nitrogens with zero attached hydrogens (tertiary/aromatic N) is 2. The van der Waals surface area contributed by atoms with Crippen molar-refractivity contribution < 1.29 is 4.74 Å². The molecule has 0 radical (unpaired) electrons. The molecule has 3 N–H and O–H groups in total. The van der Waals surface area contributed by atoms with Gasteiger partial charge in [-0.2, -0.15) is 0 Å². The number of nitrogens with one attached hydrogen (secondary N) is 1. The summed E-state index contributed by atoms with van der Waals surface area (Å²) >= 11 is 0. The van der Waals surface area contributed by atoms with Crippen LogP contribution in [0.5, 0.6) is 5.75 Å². The molecule has 1 aromatic carbocycles. The lowest BCUT2D eigenvalue weighted by Crippen LogP contribution is -2.33. The van der Waals surface area contributed by atoms with Crippen molar-refractivity contribution in [3.05, 3.63) is 59.9 Å². The van der Waals surface area contributed by atoms with E-state index in [1.54, 1.807) is 6.20 Å². The molecule has 0 atom stereocenters. The highest BCUT2D eigenvalue weighted by Crippen LogP contribution is 2.19. The van der Waals surface area contributed by atoms with E-state index in [0.717, 1.165) is 23.4 Å². The third-order valence-electron chi connectivity index (χ3n) is 3.38. The number of aliphatic imine (C=N–C) groups is 1. The minimum absolute atomic E-state index is 0.435. The van der Waals surface area contributed by atoms with Crippen LogP contribution >= 0.6 is 0 Å². The lowest BCUT2D eigenvalue weighted by molar-refractivity contribution is 0.268.